The summed E-state index contributed by atoms with van der Waals surface area (Å²) >= 11 is 0. The van der Waals surface area contributed by atoms with Crippen molar-refractivity contribution in [2.75, 3.05) is 20.3 Å². The molecule has 1 amide bonds. The molecule has 3 unspecified atom stereocenters. The first-order valence-corrected chi connectivity index (χ1v) is 10.3. The molecule has 1 saturated heterocycles. The van der Waals surface area contributed by atoms with Crippen LogP contribution in [0.1, 0.15) is 24.8 Å². The summed E-state index contributed by atoms with van der Waals surface area (Å²) in [5, 5.41) is 0. The molecule has 3 aliphatic rings. The molecule has 6 nitrogen and oxygen atoms in total. The van der Waals surface area contributed by atoms with Crippen molar-refractivity contribution in [1.29, 1.82) is 0 Å². The average Bonchev–Trinajstić information content (AvgIpc) is 2.98. The van der Waals surface area contributed by atoms with E-state index >= 15 is 0 Å². The number of nitrogens with two attached hydrogens (primary N) is 1. The quantitative estimate of drug-likeness (QED) is 0.827. The van der Waals surface area contributed by atoms with Gasteiger partial charge in [0.15, 0.2) is 11.5 Å². The maximum Gasteiger partial charge on any atom is 0.261 e. The predicted molar refractivity (Wildman–Crippen MR) is 110 cm³/mol. The number of halogens is 1. The lowest BCUT2D eigenvalue weighted by Gasteiger charge is -2.40. The van der Waals surface area contributed by atoms with Crippen LogP contribution in [-0.2, 0) is 15.1 Å². The van der Waals surface area contributed by atoms with Crippen molar-refractivity contribution in [3.63, 3.8) is 0 Å². The number of guanidine groups is 1. The third-order valence-electron chi connectivity index (χ3n) is 6.39. The number of fused-ring (bicyclic) bond motifs is 2. The van der Waals surface area contributed by atoms with Crippen molar-refractivity contribution in [1.82, 2.24) is 4.90 Å². The standard InChI is InChI=1S/C23H24FN3O3/c1-27-21(28)23(26-22(27)25)12-20(16-5-3-9-29-13-16)30-19-8-7-15(11-18(19)23)14-4-2-6-17(24)10-14/h2,4,6-8,10-11,16,20H,3,5,9,12-13H2,1H3,(H2,25,26). The van der Waals surface area contributed by atoms with Crippen LogP contribution in [-0.4, -0.2) is 43.1 Å². The average molecular weight is 409 g/mol. The topological polar surface area (TPSA) is 77.2 Å². The Bertz CT molecular complexity index is 1030. The lowest BCUT2D eigenvalue weighted by Crippen LogP contribution is -2.48. The van der Waals surface area contributed by atoms with E-state index in [1.54, 1.807) is 13.1 Å². The SMILES string of the molecule is CN1C(=O)C2(CC(C3CCCOC3)Oc3ccc(-c4cccc(F)c4)cc32)N=C1N. The first-order chi connectivity index (χ1) is 14.5. The number of aliphatic imine (C=N–C) groups is 1. The lowest BCUT2D eigenvalue weighted by atomic mass is 9.77. The number of likely N-dealkylation sites (N-methyl/N-ethyl adjacent to an activating group) is 1. The number of ether oxygens (including phenoxy) is 2. The van der Waals surface area contributed by atoms with Crippen molar-refractivity contribution >= 4 is 11.9 Å². The van der Waals surface area contributed by atoms with Gasteiger partial charge in [-0.1, -0.05) is 18.2 Å². The highest BCUT2D eigenvalue weighted by Crippen LogP contribution is 2.48. The van der Waals surface area contributed by atoms with E-state index in [-0.39, 0.29) is 29.7 Å². The number of hydrogen-bond donors (Lipinski definition) is 1. The molecule has 0 aromatic heterocycles. The molecule has 3 aliphatic heterocycles. The van der Waals surface area contributed by atoms with E-state index < -0.39 is 5.54 Å². The van der Waals surface area contributed by atoms with Crippen LogP contribution >= 0.6 is 0 Å². The number of carbonyl (C=O) groups is 1. The second kappa shape index (κ2) is 7.09. The lowest BCUT2D eigenvalue weighted by molar-refractivity contribution is -0.133. The van der Waals surface area contributed by atoms with Crippen LogP contribution in [0.25, 0.3) is 11.1 Å². The number of benzene rings is 2. The summed E-state index contributed by atoms with van der Waals surface area (Å²) in [5.41, 5.74) is 7.14. The van der Waals surface area contributed by atoms with Crippen molar-refractivity contribution in [3.05, 3.63) is 53.8 Å². The van der Waals surface area contributed by atoms with Gasteiger partial charge in [-0.25, -0.2) is 9.38 Å². The predicted octanol–water partition coefficient (Wildman–Crippen LogP) is 3.05. The molecule has 1 fully saturated rings. The van der Waals surface area contributed by atoms with Crippen LogP contribution in [0, 0.1) is 11.7 Å². The number of nitrogens with zero attached hydrogens (tertiary/aromatic N) is 2. The summed E-state index contributed by atoms with van der Waals surface area (Å²) in [5.74, 6) is 0.539. The molecule has 0 saturated carbocycles. The number of rotatable bonds is 2. The second-order valence-electron chi connectivity index (χ2n) is 8.25. The molecule has 156 valence electrons. The number of hydrogen-bond acceptors (Lipinski definition) is 5. The van der Waals surface area contributed by atoms with E-state index in [1.807, 2.05) is 24.3 Å². The minimum atomic E-state index is -1.13. The summed E-state index contributed by atoms with van der Waals surface area (Å²) in [4.78, 5) is 19.4. The van der Waals surface area contributed by atoms with Crippen LogP contribution in [0.5, 0.6) is 5.75 Å². The zero-order valence-electron chi connectivity index (χ0n) is 16.8. The summed E-state index contributed by atoms with van der Waals surface area (Å²) < 4.78 is 25.8. The summed E-state index contributed by atoms with van der Waals surface area (Å²) in [6, 6.07) is 12.0. The highest BCUT2D eigenvalue weighted by Gasteiger charge is 2.54. The van der Waals surface area contributed by atoms with Gasteiger partial charge < -0.3 is 15.2 Å². The molecule has 0 aliphatic carbocycles. The summed E-state index contributed by atoms with van der Waals surface area (Å²) in [6.07, 6.45) is 2.18. The second-order valence-corrected chi connectivity index (χ2v) is 8.25. The highest BCUT2D eigenvalue weighted by molar-refractivity contribution is 6.07. The van der Waals surface area contributed by atoms with Gasteiger partial charge >= 0.3 is 0 Å². The molecule has 3 heterocycles. The van der Waals surface area contributed by atoms with Gasteiger partial charge in [-0.05, 0) is 48.2 Å². The molecule has 30 heavy (non-hydrogen) atoms. The Morgan fingerprint density at radius 2 is 2.07 bits per heavy atom. The highest BCUT2D eigenvalue weighted by atomic mass is 19.1. The van der Waals surface area contributed by atoms with E-state index in [2.05, 4.69) is 4.99 Å². The number of amides is 1. The first-order valence-electron chi connectivity index (χ1n) is 10.3. The van der Waals surface area contributed by atoms with Crippen molar-refractivity contribution < 1.29 is 18.7 Å². The number of carbonyl (C=O) groups excluding carboxylic acids is 1. The Hall–Kier alpha value is -2.93. The van der Waals surface area contributed by atoms with E-state index in [4.69, 9.17) is 15.2 Å². The largest absolute Gasteiger partial charge is 0.490 e. The smallest absolute Gasteiger partial charge is 0.261 e. The van der Waals surface area contributed by atoms with Gasteiger partial charge in [0.05, 0.1) is 6.61 Å². The van der Waals surface area contributed by atoms with Crippen LogP contribution in [0.15, 0.2) is 47.5 Å². The molecule has 0 bridgehead atoms. The maximum absolute atomic E-state index is 13.8. The first kappa shape index (κ1) is 19.1. The van der Waals surface area contributed by atoms with Crippen LogP contribution in [0.3, 0.4) is 0 Å². The fourth-order valence-corrected chi connectivity index (χ4v) is 4.74. The molecule has 2 aromatic rings. The van der Waals surface area contributed by atoms with E-state index in [0.29, 0.717) is 24.3 Å². The van der Waals surface area contributed by atoms with Gasteiger partial charge in [0.1, 0.15) is 17.7 Å². The van der Waals surface area contributed by atoms with Crippen molar-refractivity contribution in [2.24, 2.45) is 16.6 Å². The summed E-state index contributed by atoms with van der Waals surface area (Å²) in [7, 11) is 1.64. The third kappa shape index (κ3) is 2.96. The molecule has 1 spiro atoms. The van der Waals surface area contributed by atoms with Gasteiger partial charge in [0.25, 0.3) is 5.91 Å². The zero-order valence-corrected chi connectivity index (χ0v) is 16.8. The Morgan fingerprint density at radius 3 is 2.77 bits per heavy atom. The van der Waals surface area contributed by atoms with Crippen molar-refractivity contribution in [3.8, 4) is 16.9 Å². The van der Waals surface area contributed by atoms with Crippen LogP contribution < -0.4 is 10.5 Å². The summed E-state index contributed by atoms with van der Waals surface area (Å²) in [6.45, 7) is 1.37. The van der Waals surface area contributed by atoms with Gasteiger partial charge in [-0.3, -0.25) is 9.69 Å². The van der Waals surface area contributed by atoms with Crippen LogP contribution in [0.2, 0.25) is 0 Å². The molecule has 0 radical (unpaired) electrons. The molecular formula is C23H24FN3O3. The van der Waals surface area contributed by atoms with E-state index in [1.165, 1.54) is 17.0 Å². The molecule has 5 rings (SSSR count). The fourth-order valence-electron chi connectivity index (χ4n) is 4.74. The van der Waals surface area contributed by atoms with Gasteiger partial charge in [0.2, 0.25) is 0 Å². The molecule has 7 heteroatoms. The molecule has 3 atom stereocenters. The minimum absolute atomic E-state index is 0.164. The van der Waals surface area contributed by atoms with Crippen molar-refractivity contribution in [2.45, 2.75) is 30.9 Å². The van der Waals surface area contributed by atoms with Gasteiger partial charge in [-0.2, -0.15) is 0 Å². The minimum Gasteiger partial charge on any atom is -0.490 e. The Morgan fingerprint density at radius 1 is 1.23 bits per heavy atom. The molecule has 2 N–H and O–H groups in total. The Balaban J connectivity index is 1.62. The van der Waals surface area contributed by atoms with E-state index in [0.717, 1.165) is 30.6 Å². The van der Waals surface area contributed by atoms with Gasteiger partial charge in [0, 0.05) is 31.6 Å². The monoisotopic (exact) mass is 409 g/mol. The Labute approximate surface area is 174 Å². The Kier molecular flexibility index (Phi) is 4.50. The maximum atomic E-state index is 13.8. The third-order valence-corrected chi connectivity index (χ3v) is 6.39. The fraction of sp³-hybridized carbons (Fsp3) is 0.391. The van der Waals surface area contributed by atoms with Crippen LogP contribution in [0.4, 0.5) is 4.39 Å². The molecular weight excluding hydrogens is 385 g/mol. The molecule has 2 aromatic carbocycles. The normalized spacial score (nSPS) is 28.3. The zero-order chi connectivity index (χ0) is 20.9. The van der Waals surface area contributed by atoms with Gasteiger partial charge in [-0.15, -0.1) is 0 Å². The van der Waals surface area contributed by atoms with E-state index in [9.17, 15) is 9.18 Å².